The lowest BCUT2D eigenvalue weighted by Gasteiger charge is -2.26. The quantitative estimate of drug-likeness (QED) is 0.431. The summed E-state index contributed by atoms with van der Waals surface area (Å²) in [5.74, 6) is -0.266. The second-order valence-electron chi connectivity index (χ2n) is 9.22. The van der Waals surface area contributed by atoms with E-state index in [2.05, 4.69) is 5.32 Å². The Morgan fingerprint density at radius 3 is 2.32 bits per heavy atom. The number of anilines is 1. The summed E-state index contributed by atoms with van der Waals surface area (Å²) in [4.78, 5) is 26.8. The minimum atomic E-state index is -4.03. The number of carbonyl (C=O) groups excluding carboxylic acids is 2. The van der Waals surface area contributed by atoms with Crippen LogP contribution in [0.15, 0.2) is 71.6 Å². The number of aryl methyl sites for hydroxylation is 1. The summed E-state index contributed by atoms with van der Waals surface area (Å²) in [5, 5.41) is 3.24. The van der Waals surface area contributed by atoms with E-state index >= 15 is 0 Å². The van der Waals surface area contributed by atoms with E-state index in [9.17, 15) is 18.0 Å². The van der Waals surface area contributed by atoms with Crippen LogP contribution in [-0.2, 0) is 32.7 Å². The van der Waals surface area contributed by atoms with Crippen molar-refractivity contribution in [3.8, 4) is 0 Å². The van der Waals surface area contributed by atoms with Crippen molar-refractivity contribution < 1.29 is 18.0 Å². The Hall–Kier alpha value is -3.36. The lowest BCUT2D eigenvalue weighted by molar-refractivity contribution is -0.128. The van der Waals surface area contributed by atoms with Crippen LogP contribution in [0.2, 0.25) is 5.02 Å². The van der Waals surface area contributed by atoms with Crippen molar-refractivity contribution in [1.29, 1.82) is 0 Å². The minimum absolute atomic E-state index is 0.0948. The van der Waals surface area contributed by atoms with Crippen LogP contribution < -0.4 is 9.62 Å². The first-order valence-corrected chi connectivity index (χ1v) is 13.9. The molecule has 0 atom stereocenters. The van der Waals surface area contributed by atoms with Gasteiger partial charge < -0.3 is 10.2 Å². The van der Waals surface area contributed by atoms with E-state index in [1.165, 1.54) is 12.1 Å². The van der Waals surface area contributed by atoms with Crippen LogP contribution in [0, 0.1) is 13.8 Å². The van der Waals surface area contributed by atoms with Gasteiger partial charge in [-0.15, -0.1) is 0 Å². The third-order valence-corrected chi connectivity index (χ3v) is 8.64. The number of hydrogen-bond acceptors (Lipinski definition) is 4. The molecule has 3 aromatic rings. The molecule has 0 aromatic heterocycles. The lowest BCUT2D eigenvalue weighted by atomic mass is 10.1. The molecule has 4 rings (SSSR count). The summed E-state index contributed by atoms with van der Waals surface area (Å²) in [6.45, 7) is 4.81. The predicted octanol–water partition coefficient (Wildman–Crippen LogP) is 4.59. The molecule has 1 saturated heterocycles. The monoisotopic (exact) mass is 539 g/mol. The lowest BCUT2D eigenvalue weighted by Crippen LogP contribution is -2.41. The summed E-state index contributed by atoms with van der Waals surface area (Å²) in [7, 11) is -4.03. The van der Waals surface area contributed by atoms with Gasteiger partial charge in [-0.1, -0.05) is 59.6 Å². The highest BCUT2D eigenvalue weighted by Crippen LogP contribution is 2.31. The van der Waals surface area contributed by atoms with Gasteiger partial charge in [0, 0.05) is 31.1 Å². The maximum atomic E-state index is 13.6. The SMILES string of the molecule is Cc1ccc(S(=O)(=O)N(CC(=O)NCc2ccc(CN3CCCC3=O)cc2)c2cccc(Cl)c2C)cc1. The minimum Gasteiger partial charge on any atom is -0.350 e. The second kappa shape index (κ2) is 11.4. The number of amides is 2. The summed E-state index contributed by atoms with van der Waals surface area (Å²) < 4.78 is 28.3. The Morgan fingerprint density at radius 2 is 1.68 bits per heavy atom. The van der Waals surface area contributed by atoms with Crippen molar-refractivity contribution >= 4 is 39.1 Å². The number of halogens is 1. The number of nitrogens with one attached hydrogen (secondary N) is 1. The highest BCUT2D eigenvalue weighted by Gasteiger charge is 2.28. The van der Waals surface area contributed by atoms with Crippen LogP contribution >= 0.6 is 11.6 Å². The average Bonchev–Trinajstić information content (AvgIpc) is 3.28. The average molecular weight is 540 g/mol. The zero-order chi connectivity index (χ0) is 26.6. The maximum absolute atomic E-state index is 13.6. The molecular weight excluding hydrogens is 510 g/mol. The third-order valence-electron chi connectivity index (χ3n) is 6.46. The van der Waals surface area contributed by atoms with Crippen LogP contribution in [0.1, 0.15) is 35.1 Å². The molecule has 37 heavy (non-hydrogen) atoms. The highest BCUT2D eigenvalue weighted by atomic mass is 35.5. The molecule has 0 bridgehead atoms. The van der Waals surface area contributed by atoms with Crippen LogP contribution in [0.4, 0.5) is 5.69 Å². The van der Waals surface area contributed by atoms with Crippen molar-refractivity contribution in [1.82, 2.24) is 10.2 Å². The molecule has 2 amide bonds. The Balaban J connectivity index is 1.48. The fourth-order valence-electron chi connectivity index (χ4n) is 4.24. The molecule has 194 valence electrons. The first-order chi connectivity index (χ1) is 17.6. The maximum Gasteiger partial charge on any atom is 0.264 e. The van der Waals surface area contributed by atoms with E-state index in [1.807, 2.05) is 36.1 Å². The number of likely N-dealkylation sites (tertiary alicyclic amines) is 1. The summed E-state index contributed by atoms with van der Waals surface area (Å²) in [6.07, 6.45) is 1.50. The van der Waals surface area contributed by atoms with E-state index in [-0.39, 0.29) is 17.3 Å². The van der Waals surface area contributed by atoms with Crippen molar-refractivity contribution in [3.63, 3.8) is 0 Å². The molecule has 1 aliphatic rings. The number of hydrogen-bond donors (Lipinski definition) is 1. The predicted molar refractivity (Wildman–Crippen MR) is 145 cm³/mol. The molecule has 0 unspecified atom stereocenters. The Labute approximate surface area is 223 Å². The molecule has 9 heteroatoms. The fourth-order valence-corrected chi connectivity index (χ4v) is 5.89. The number of sulfonamides is 1. The van der Waals surface area contributed by atoms with Gasteiger partial charge in [0.15, 0.2) is 0 Å². The van der Waals surface area contributed by atoms with Crippen molar-refractivity contribution in [2.45, 2.75) is 44.7 Å². The number of carbonyl (C=O) groups is 2. The molecule has 1 fully saturated rings. The standard InChI is InChI=1S/C28H30ClN3O4S/c1-20-8-14-24(15-9-20)37(35,36)32(26-6-3-5-25(29)21(26)2)19-27(33)30-17-22-10-12-23(13-11-22)18-31-16-4-7-28(31)34/h3,5-6,8-15H,4,7,16-19H2,1-2H3,(H,30,33). The molecule has 1 N–H and O–H groups in total. The molecule has 3 aromatic carbocycles. The van der Waals surface area contributed by atoms with Gasteiger partial charge in [-0.2, -0.15) is 0 Å². The molecule has 0 radical (unpaired) electrons. The Kier molecular flexibility index (Phi) is 8.19. The zero-order valence-electron chi connectivity index (χ0n) is 20.9. The van der Waals surface area contributed by atoms with E-state index in [4.69, 9.17) is 11.6 Å². The topological polar surface area (TPSA) is 86.8 Å². The van der Waals surface area contributed by atoms with Gasteiger partial charge in [-0.05, 0) is 61.2 Å². The van der Waals surface area contributed by atoms with Gasteiger partial charge in [0.1, 0.15) is 6.54 Å². The van der Waals surface area contributed by atoms with Gasteiger partial charge in [0.05, 0.1) is 10.6 Å². The van der Waals surface area contributed by atoms with E-state index in [0.717, 1.165) is 34.0 Å². The van der Waals surface area contributed by atoms with E-state index < -0.39 is 22.5 Å². The number of rotatable bonds is 9. The van der Waals surface area contributed by atoms with Crippen LogP contribution in [0.25, 0.3) is 0 Å². The zero-order valence-corrected chi connectivity index (χ0v) is 22.5. The van der Waals surface area contributed by atoms with Gasteiger partial charge in [-0.25, -0.2) is 8.42 Å². The van der Waals surface area contributed by atoms with Crippen LogP contribution in [0.5, 0.6) is 0 Å². The van der Waals surface area contributed by atoms with Crippen molar-refractivity contribution in [3.05, 3.63) is 94.0 Å². The Morgan fingerprint density at radius 1 is 1.00 bits per heavy atom. The van der Waals surface area contributed by atoms with E-state index in [0.29, 0.717) is 29.2 Å². The highest BCUT2D eigenvalue weighted by molar-refractivity contribution is 7.92. The molecule has 0 aliphatic carbocycles. The molecule has 1 aliphatic heterocycles. The van der Waals surface area contributed by atoms with Gasteiger partial charge in [0.25, 0.3) is 10.0 Å². The first-order valence-electron chi connectivity index (χ1n) is 12.1. The molecule has 0 spiro atoms. The van der Waals surface area contributed by atoms with Crippen LogP contribution in [-0.4, -0.2) is 38.2 Å². The second-order valence-corrected chi connectivity index (χ2v) is 11.5. The van der Waals surface area contributed by atoms with Crippen LogP contribution in [0.3, 0.4) is 0 Å². The van der Waals surface area contributed by atoms with Gasteiger partial charge >= 0.3 is 0 Å². The normalized spacial score (nSPS) is 13.6. The Bertz CT molecular complexity index is 1390. The molecular formula is C28H30ClN3O4S. The first kappa shape index (κ1) is 26.7. The largest absolute Gasteiger partial charge is 0.350 e. The van der Waals surface area contributed by atoms with Crippen molar-refractivity contribution in [2.24, 2.45) is 0 Å². The fraction of sp³-hybridized carbons (Fsp3) is 0.286. The third kappa shape index (κ3) is 6.32. The summed E-state index contributed by atoms with van der Waals surface area (Å²) in [6, 6.07) is 19.2. The number of benzene rings is 3. The molecule has 1 heterocycles. The molecule has 7 nitrogen and oxygen atoms in total. The smallest absolute Gasteiger partial charge is 0.264 e. The van der Waals surface area contributed by atoms with Gasteiger partial charge in [-0.3, -0.25) is 13.9 Å². The molecule has 0 saturated carbocycles. The number of nitrogens with zero attached hydrogens (tertiary/aromatic N) is 2. The van der Waals surface area contributed by atoms with Gasteiger partial charge in [0.2, 0.25) is 11.8 Å². The summed E-state index contributed by atoms with van der Waals surface area (Å²) in [5.41, 5.74) is 3.75. The summed E-state index contributed by atoms with van der Waals surface area (Å²) >= 11 is 6.28. The van der Waals surface area contributed by atoms with E-state index in [1.54, 1.807) is 37.3 Å². The van der Waals surface area contributed by atoms with Crippen molar-refractivity contribution in [2.75, 3.05) is 17.4 Å².